The van der Waals surface area contributed by atoms with E-state index in [0.717, 1.165) is 19.6 Å². The first-order valence-corrected chi connectivity index (χ1v) is 8.60. The van der Waals surface area contributed by atoms with Crippen LogP contribution in [0.25, 0.3) is 0 Å². The molecule has 2 aliphatic rings. The lowest BCUT2D eigenvalue weighted by atomic mass is 9.99. The van der Waals surface area contributed by atoms with E-state index in [2.05, 4.69) is 46.7 Å². The Labute approximate surface area is 129 Å². The Bertz CT molecular complexity index is 440. The van der Waals surface area contributed by atoms with Crippen LogP contribution in [0, 0.1) is 0 Å². The Balaban J connectivity index is 1.59. The molecule has 2 unspecified atom stereocenters. The largest absolute Gasteiger partial charge is 0.313 e. The van der Waals surface area contributed by atoms with Crippen molar-refractivity contribution in [1.29, 1.82) is 0 Å². The van der Waals surface area contributed by atoms with Crippen molar-refractivity contribution in [2.75, 3.05) is 26.2 Å². The van der Waals surface area contributed by atoms with Crippen LogP contribution in [0.15, 0.2) is 24.3 Å². The van der Waals surface area contributed by atoms with E-state index in [4.69, 9.17) is 0 Å². The molecule has 2 aliphatic heterocycles. The second-order valence-corrected chi connectivity index (χ2v) is 6.57. The van der Waals surface area contributed by atoms with Crippen LogP contribution in [0.2, 0.25) is 0 Å². The van der Waals surface area contributed by atoms with Crippen molar-refractivity contribution in [3.63, 3.8) is 0 Å². The van der Waals surface area contributed by atoms with Crippen LogP contribution in [-0.2, 0) is 6.54 Å². The molecular weight excluding hydrogens is 258 g/mol. The zero-order valence-corrected chi connectivity index (χ0v) is 13.3. The molecule has 116 valence electrons. The van der Waals surface area contributed by atoms with E-state index >= 15 is 0 Å². The summed E-state index contributed by atoms with van der Waals surface area (Å²) in [5.41, 5.74) is 2.95. The zero-order chi connectivity index (χ0) is 14.5. The van der Waals surface area contributed by atoms with Gasteiger partial charge in [-0.05, 0) is 56.9 Å². The van der Waals surface area contributed by atoms with Gasteiger partial charge in [0, 0.05) is 25.2 Å². The van der Waals surface area contributed by atoms with Gasteiger partial charge in [-0.3, -0.25) is 4.90 Å². The summed E-state index contributed by atoms with van der Waals surface area (Å²) in [7, 11) is 0. The summed E-state index contributed by atoms with van der Waals surface area (Å²) in [5.74, 6) is 0. The molecule has 3 heteroatoms. The zero-order valence-electron chi connectivity index (χ0n) is 13.3. The molecule has 2 heterocycles. The normalized spacial score (nSPS) is 25.1. The number of hydrogen-bond donors (Lipinski definition) is 2. The molecule has 1 saturated heterocycles. The van der Waals surface area contributed by atoms with Gasteiger partial charge in [-0.15, -0.1) is 0 Å². The molecule has 0 saturated carbocycles. The molecule has 0 radical (unpaired) electrons. The van der Waals surface area contributed by atoms with Crippen LogP contribution in [0.1, 0.15) is 49.8 Å². The van der Waals surface area contributed by atoms with Crippen LogP contribution in [0.3, 0.4) is 0 Å². The third-order valence-electron chi connectivity index (χ3n) is 5.03. The van der Waals surface area contributed by atoms with Crippen molar-refractivity contribution in [3.05, 3.63) is 35.4 Å². The van der Waals surface area contributed by atoms with Gasteiger partial charge < -0.3 is 10.6 Å². The number of rotatable bonds is 4. The van der Waals surface area contributed by atoms with Gasteiger partial charge in [0.1, 0.15) is 0 Å². The van der Waals surface area contributed by atoms with E-state index in [1.165, 1.54) is 49.9 Å². The Morgan fingerprint density at radius 1 is 1.24 bits per heavy atom. The minimum Gasteiger partial charge on any atom is -0.313 e. The number of piperidine rings is 1. The first-order chi connectivity index (χ1) is 10.3. The second-order valence-electron chi connectivity index (χ2n) is 6.57. The van der Waals surface area contributed by atoms with E-state index < -0.39 is 0 Å². The average Bonchev–Trinajstić information content (AvgIpc) is 2.76. The topological polar surface area (TPSA) is 27.3 Å². The van der Waals surface area contributed by atoms with Gasteiger partial charge in [-0.1, -0.05) is 30.7 Å². The number of nitrogens with one attached hydrogen (secondary N) is 2. The Hall–Kier alpha value is -0.900. The molecule has 1 aromatic carbocycles. The molecule has 0 aromatic heterocycles. The minimum absolute atomic E-state index is 0.503. The number of hydrogen-bond acceptors (Lipinski definition) is 3. The summed E-state index contributed by atoms with van der Waals surface area (Å²) < 4.78 is 0. The van der Waals surface area contributed by atoms with E-state index in [1.54, 1.807) is 0 Å². The molecule has 0 aliphatic carbocycles. The minimum atomic E-state index is 0.503. The van der Waals surface area contributed by atoms with E-state index in [1.807, 2.05) is 0 Å². The van der Waals surface area contributed by atoms with Gasteiger partial charge >= 0.3 is 0 Å². The standard InChI is InChI=1S/C18H29N3/c1-15(21-11-5-2-6-12-21)13-20-18-9-10-19-14-16-7-3-4-8-17(16)18/h3-4,7-8,15,18-20H,2,5-6,9-14H2,1H3. The monoisotopic (exact) mass is 287 g/mol. The van der Waals surface area contributed by atoms with Crippen molar-refractivity contribution in [2.24, 2.45) is 0 Å². The molecule has 3 rings (SSSR count). The predicted molar refractivity (Wildman–Crippen MR) is 88.4 cm³/mol. The van der Waals surface area contributed by atoms with E-state index in [9.17, 15) is 0 Å². The maximum Gasteiger partial charge on any atom is 0.0336 e. The quantitative estimate of drug-likeness (QED) is 0.891. The highest BCUT2D eigenvalue weighted by Gasteiger charge is 2.21. The summed E-state index contributed by atoms with van der Waals surface area (Å²) in [6.07, 6.45) is 5.35. The molecule has 0 spiro atoms. The summed E-state index contributed by atoms with van der Waals surface area (Å²) in [6, 6.07) is 10.0. The second kappa shape index (κ2) is 7.39. The summed E-state index contributed by atoms with van der Waals surface area (Å²) >= 11 is 0. The Morgan fingerprint density at radius 3 is 2.90 bits per heavy atom. The van der Waals surface area contributed by atoms with E-state index in [-0.39, 0.29) is 0 Å². The van der Waals surface area contributed by atoms with Gasteiger partial charge in [0.05, 0.1) is 0 Å². The number of fused-ring (bicyclic) bond motifs is 1. The molecular formula is C18H29N3. The third kappa shape index (κ3) is 3.85. The lowest BCUT2D eigenvalue weighted by molar-refractivity contribution is 0.167. The van der Waals surface area contributed by atoms with Crippen LogP contribution in [0.5, 0.6) is 0 Å². The van der Waals surface area contributed by atoms with Gasteiger partial charge in [0.2, 0.25) is 0 Å². The highest BCUT2D eigenvalue weighted by Crippen LogP contribution is 2.23. The molecule has 1 aromatic rings. The summed E-state index contributed by atoms with van der Waals surface area (Å²) in [4.78, 5) is 2.65. The molecule has 0 amide bonds. The Morgan fingerprint density at radius 2 is 2.05 bits per heavy atom. The predicted octanol–water partition coefficient (Wildman–Crippen LogP) is 2.69. The number of nitrogens with zero attached hydrogens (tertiary/aromatic N) is 1. The van der Waals surface area contributed by atoms with Gasteiger partial charge in [-0.25, -0.2) is 0 Å². The van der Waals surface area contributed by atoms with Crippen molar-refractivity contribution < 1.29 is 0 Å². The molecule has 21 heavy (non-hydrogen) atoms. The van der Waals surface area contributed by atoms with Gasteiger partial charge in [0.15, 0.2) is 0 Å². The Kier molecular flexibility index (Phi) is 5.28. The van der Waals surface area contributed by atoms with Crippen molar-refractivity contribution in [2.45, 2.75) is 51.2 Å². The molecule has 2 N–H and O–H groups in total. The lowest BCUT2D eigenvalue weighted by Gasteiger charge is -2.33. The maximum absolute atomic E-state index is 3.83. The summed E-state index contributed by atoms with van der Waals surface area (Å²) in [6.45, 7) is 8.15. The van der Waals surface area contributed by atoms with Crippen LogP contribution in [0.4, 0.5) is 0 Å². The molecule has 1 fully saturated rings. The van der Waals surface area contributed by atoms with Gasteiger partial charge in [-0.2, -0.15) is 0 Å². The van der Waals surface area contributed by atoms with Crippen LogP contribution < -0.4 is 10.6 Å². The third-order valence-corrected chi connectivity index (χ3v) is 5.03. The number of likely N-dealkylation sites (tertiary alicyclic amines) is 1. The first kappa shape index (κ1) is 15.0. The average molecular weight is 287 g/mol. The van der Waals surface area contributed by atoms with Crippen molar-refractivity contribution in [1.82, 2.24) is 15.5 Å². The van der Waals surface area contributed by atoms with Gasteiger partial charge in [0.25, 0.3) is 0 Å². The molecule has 3 nitrogen and oxygen atoms in total. The van der Waals surface area contributed by atoms with Crippen LogP contribution in [-0.4, -0.2) is 37.1 Å². The number of benzene rings is 1. The fraction of sp³-hybridized carbons (Fsp3) is 0.667. The molecule has 2 atom stereocenters. The fourth-order valence-corrected chi connectivity index (χ4v) is 3.67. The van der Waals surface area contributed by atoms with Crippen molar-refractivity contribution in [3.8, 4) is 0 Å². The fourth-order valence-electron chi connectivity index (χ4n) is 3.67. The molecule has 0 bridgehead atoms. The smallest absolute Gasteiger partial charge is 0.0336 e. The maximum atomic E-state index is 3.83. The SMILES string of the molecule is CC(CNC1CCNCc2ccccc21)N1CCCCC1. The van der Waals surface area contributed by atoms with Crippen molar-refractivity contribution >= 4 is 0 Å². The lowest BCUT2D eigenvalue weighted by Crippen LogP contribution is -2.44. The van der Waals surface area contributed by atoms with Crippen LogP contribution >= 0.6 is 0 Å². The highest BCUT2D eigenvalue weighted by atomic mass is 15.2. The summed E-state index contributed by atoms with van der Waals surface area (Å²) in [5, 5.41) is 7.37. The highest BCUT2D eigenvalue weighted by molar-refractivity contribution is 5.31. The first-order valence-electron chi connectivity index (χ1n) is 8.60. The van der Waals surface area contributed by atoms with E-state index in [0.29, 0.717) is 12.1 Å².